The summed E-state index contributed by atoms with van der Waals surface area (Å²) < 4.78 is 5.13. The minimum atomic E-state index is 0.182. The van der Waals surface area contributed by atoms with Crippen molar-refractivity contribution in [3.63, 3.8) is 0 Å². The number of hydrogen-bond acceptors (Lipinski definition) is 3. The maximum atomic E-state index is 10.1. The Bertz CT molecular complexity index is 464. The number of phenols is 1. The van der Waals surface area contributed by atoms with Crippen molar-refractivity contribution in [2.75, 3.05) is 7.11 Å². The van der Waals surface area contributed by atoms with Crippen LogP contribution in [0.4, 0.5) is 0 Å². The van der Waals surface area contributed by atoms with Crippen LogP contribution in [-0.4, -0.2) is 18.3 Å². The van der Waals surface area contributed by atoms with Crippen molar-refractivity contribution >= 4 is 11.6 Å². The molecule has 0 heterocycles. The van der Waals surface area contributed by atoms with E-state index < -0.39 is 0 Å². The van der Waals surface area contributed by atoms with Crippen molar-refractivity contribution in [1.29, 1.82) is 0 Å². The summed E-state index contributed by atoms with van der Waals surface area (Å²) in [4.78, 5) is 0. The monoisotopic (exact) mass is 297 g/mol. The van der Waals surface area contributed by atoms with Crippen LogP contribution in [0.25, 0.3) is 0 Å². The zero-order chi connectivity index (χ0) is 14.7. The molecule has 1 aliphatic rings. The van der Waals surface area contributed by atoms with Crippen LogP contribution in [0.3, 0.4) is 0 Å². The Balaban J connectivity index is 2.03. The van der Waals surface area contributed by atoms with E-state index in [0.717, 1.165) is 11.5 Å². The first-order valence-electron chi connectivity index (χ1n) is 7.35. The van der Waals surface area contributed by atoms with Crippen molar-refractivity contribution in [1.82, 2.24) is 5.32 Å². The molecule has 1 aromatic rings. The highest BCUT2D eigenvalue weighted by atomic mass is 35.5. The molecule has 3 unspecified atom stereocenters. The van der Waals surface area contributed by atoms with Gasteiger partial charge in [0, 0.05) is 29.2 Å². The van der Waals surface area contributed by atoms with Crippen molar-refractivity contribution in [3.05, 3.63) is 22.7 Å². The maximum absolute atomic E-state index is 10.1. The van der Waals surface area contributed by atoms with Gasteiger partial charge in [0.15, 0.2) is 11.5 Å². The number of rotatable bonds is 5. The van der Waals surface area contributed by atoms with Crippen molar-refractivity contribution in [2.24, 2.45) is 11.8 Å². The maximum Gasteiger partial charge on any atom is 0.162 e. The molecule has 0 bridgehead atoms. The second-order valence-electron chi connectivity index (χ2n) is 5.71. The number of methoxy groups -OCH3 is 1. The van der Waals surface area contributed by atoms with Crippen LogP contribution in [0.2, 0.25) is 5.02 Å². The Hall–Kier alpha value is -0.930. The molecular formula is C16H24ClNO2. The molecule has 2 N–H and O–H groups in total. The van der Waals surface area contributed by atoms with E-state index in [2.05, 4.69) is 19.2 Å². The SMILES string of the molecule is CCC1CCC(NCc2cc(Cl)cc(OC)c2O)C1C. The number of hydrogen-bond donors (Lipinski definition) is 2. The fourth-order valence-electron chi connectivity index (χ4n) is 3.27. The fourth-order valence-corrected chi connectivity index (χ4v) is 3.50. The zero-order valence-electron chi connectivity index (χ0n) is 12.4. The van der Waals surface area contributed by atoms with Crippen molar-refractivity contribution in [3.8, 4) is 11.5 Å². The summed E-state index contributed by atoms with van der Waals surface area (Å²) in [6.07, 6.45) is 3.74. The molecule has 112 valence electrons. The summed E-state index contributed by atoms with van der Waals surface area (Å²) in [7, 11) is 1.54. The predicted molar refractivity (Wildman–Crippen MR) is 82.5 cm³/mol. The first kappa shape index (κ1) is 15.5. The molecule has 3 atom stereocenters. The average molecular weight is 298 g/mol. The van der Waals surface area contributed by atoms with Gasteiger partial charge in [0.1, 0.15) is 0 Å². The summed E-state index contributed by atoms with van der Waals surface area (Å²) in [5.74, 6) is 2.11. The van der Waals surface area contributed by atoms with Gasteiger partial charge in [-0.1, -0.05) is 31.9 Å². The first-order chi connectivity index (χ1) is 9.56. The van der Waals surface area contributed by atoms with E-state index >= 15 is 0 Å². The van der Waals surface area contributed by atoms with Gasteiger partial charge in [-0.05, 0) is 30.7 Å². The summed E-state index contributed by atoms with van der Waals surface area (Å²) in [6, 6.07) is 3.94. The van der Waals surface area contributed by atoms with Gasteiger partial charge < -0.3 is 15.2 Å². The zero-order valence-corrected chi connectivity index (χ0v) is 13.2. The van der Waals surface area contributed by atoms with E-state index in [0.29, 0.717) is 29.3 Å². The van der Waals surface area contributed by atoms with Crippen LogP contribution in [0.1, 0.15) is 38.7 Å². The quantitative estimate of drug-likeness (QED) is 0.864. The molecule has 20 heavy (non-hydrogen) atoms. The molecule has 2 rings (SSSR count). The summed E-state index contributed by atoms with van der Waals surface area (Å²) in [5.41, 5.74) is 0.793. The third kappa shape index (κ3) is 3.21. The van der Waals surface area contributed by atoms with E-state index in [-0.39, 0.29) is 5.75 Å². The minimum Gasteiger partial charge on any atom is -0.504 e. The van der Waals surface area contributed by atoms with Crippen LogP contribution in [0, 0.1) is 11.8 Å². The van der Waals surface area contributed by atoms with Crippen molar-refractivity contribution in [2.45, 2.75) is 45.7 Å². The number of benzene rings is 1. The predicted octanol–water partition coefficient (Wildman–Crippen LogP) is 3.97. The highest BCUT2D eigenvalue weighted by Crippen LogP contribution is 2.36. The van der Waals surface area contributed by atoms with Crippen molar-refractivity contribution < 1.29 is 9.84 Å². The van der Waals surface area contributed by atoms with E-state index in [4.69, 9.17) is 16.3 Å². The van der Waals surface area contributed by atoms with Gasteiger partial charge in [0.2, 0.25) is 0 Å². The fraction of sp³-hybridized carbons (Fsp3) is 0.625. The topological polar surface area (TPSA) is 41.5 Å². The molecule has 1 saturated carbocycles. The lowest BCUT2D eigenvalue weighted by atomic mass is 9.93. The Labute approximate surface area is 126 Å². The van der Waals surface area contributed by atoms with Crippen LogP contribution in [-0.2, 0) is 6.54 Å². The number of ether oxygens (including phenoxy) is 1. The van der Waals surface area contributed by atoms with Crippen LogP contribution >= 0.6 is 11.6 Å². The standard InChI is InChI=1S/C16H24ClNO2/c1-4-11-5-6-14(10(11)2)18-9-12-7-13(17)8-15(20-3)16(12)19/h7-8,10-11,14,18-19H,4-6,9H2,1-3H3. The lowest BCUT2D eigenvalue weighted by Crippen LogP contribution is -2.32. The molecule has 0 aromatic heterocycles. The molecule has 1 fully saturated rings. The summed E-state index contributed by atoms with van der Waals surface area (Å²) in [5, 5.41) is 14.3. The van der Waals surface area contributed by atoms with E-state index in [1.54, 1.807) is 12.1 Å². The van der Waals surface area contributed by atoms with Gasteiger partial charge in [-0.15, -0.1) is 0 Å². The first-order valence-corrected chi connectivity index (χ1v) is 7.73. The Morgan fingerprint density at radius 1 is 1.40 bits per heavy atom. The lowest BCUT2D eigenvalue weighted by molar-refractivity contribution is 0.340. The van der Waals surface area contributed by atoms with Gasteiger partial charge in [-0.2, -0.15) is 0 Å². The van der Waals surface area contributed by atoms with Gasteiger partial charge in [0.05, 0.1) is 7.11 Å². The number of phenolic OH excluding ortho intramolecular Hbond substituents is 1. The largest absolute Gasteiger partial charge is 0.504 e. The molecular weight excluding hydrogens is 274 g/mol. The Morgan fingerprint density at radius 2 is 2.15 bits per heavy atom. The summed E-state index contributed by atoms with van der Waals surface area (Å²) in [6.45, 7) is 5.20. The van der Waals surface area contributed by atoms with Gasteiger partial charge in [0.25, 0.3) is 0 Å². The smallest absolute Gasteiger partial charge is 0.162 e. The van der Waals surface area contributed by atoms with Crippen LogP contribution < -0.4 is 10.1 Å². The average Bonchev–Trinajstić information content (AvgIpc) is 2.79. The molecule has 0 amide bonds. The van der Waals surface area contributed by atoms with E-state index in [1.165, 1.54) is 26.4 Å². The number of nitrogens with one attached hydrogen (secondary N) is 1. The molecule has 1 aliphatic carbocycles. The van der Waals surface area contributed by atoms with E-state index in [9.17, 15) is 5.11 Å². The molecule has 3 nitrogen and oxygen atoms in total. The third-order valence-corrected chi connectivity index (χ3v) is 4.86. The normalized spacial score (nSPS) is 25.9. The lowest BCUT2D eigenvalue weighted by Gasteiger charge is -2.21. The van der Waals surface area contributed by atoms with E-state index in [1.807, 2.05) is 0 Å². The van der Waals surface area contributed by atoms with Gasteiger partial charge >= 0.3 is 0 Å². The highest BCUT2D eigenvalue weighted by Gasteiger charge is 2.31. The molecule has 0 aliphatic heterocycles. The molecule has 1 aromatic carbocycles. The molecule has 4 heteroatoms. The second kappa shape index (κ2) is 6.68. The summed E-state index contributed by atoms with van der Waals surface area (Å²) >= 11 is 6.05. The molecule has 0 saturated heterocycles. The number of aromatic hydroxyl groups is 1. The van der Waals surface area contributed by atoms with Crippen LogP contribution in [0.15, 0.2) is 12.1 Å². The number of halogens is 1. The minimum absolute atomic E-state index is 0.182. The third-order valence-electron chi connectivity index (χ3n) is 4.64. The molecule has 0 spiro atoms. The Kier molecular flexibility index (Phi) is 5.17. The van der Waals surface area contributed by atoms with Crippen LogP contribution in [0.5, 0.6) is 11.5 Å². The van der Waals surface area contributed by atoms with Gasteiger partial charge in [-0.25, -0.2) is 0 Å². The second-order valence-corrected chi connectivity index (χ2v) is 6.14. The molecule has 0 radical (unpaired) electrons. The van der Waals surface area contributed by atoms with Gasteiger partial charge in [-0.3, -0.25) is 0 Å². The highest BCUT2D eigenvalue weighted by molar-refractivity contribution is 6.30. The Morgan fingerprint density at radius 3 is 2.75 bits per heavy atom.